The fourth-order valence-corrected chi connectivity index (χ4v) is 11.5. The van der Waals surface area contributed by atoms with Crippen molar-refractivity contribution in [2.75, 3.05) is 0 Å². The molecular formula is C38H50Si. The van der Waals surface area contributed by atoms with Gasteiger partial charge in [-0.2, -0.15) is 0 Å². The second-order valence-electron chi connectivity index (χ2n) is 11.5. The van der Waals surface area contributed by atoms with Gasteiger partial charge in [0.25, 0.3) is 0 Å². The van der Waals surface area contributed by atoms with Crippen molar-refractivity contribution in [1.29, 1.82) is 0 Å². The third kappa shape index (κ3) is 6.75. The second kappa shape index (κ2) is 14.7. The van der Waals surface area contributed by atoms with Gasteiger partial charge in [0.15, 0.2) is 8.07 Å². The summed E-state index contributed by atoms with van der Waals surface area (Å²) in [5.74, 6) is 0. The smallest absolute Gasteiger partial charge is 0.0805 e. The lowest BCUT2D eigenvalue weighted by molar-refractivity contribution is 0.795. The highest BCUT2D eigenvalue weighted by Crippen LogP contribution is 2.31. The van der Waals surface area contributed by atoms with Crippen LogP contribution in [0.3, 0.4) is 0 Å². The molecule has 0 radical (unpaired) electrons. The van der Waals surface area contributed by atoms with Crippen molar-refractivity contribution < 1.29 is 0 Å². The van der Waals surface area contributed by atoms with Crippen molar-refractivity contribution in [1.82, 2.24) is 0 Å². The van der Waals surface area contributed by atoms with Gasteiger partial charge in [0, 0.05) is 0 Å². The van der Waals surface area contributed by atoms with Crippen LogP contribution < -0.4 is 15.6 Å². The zero-order chi connectivity index (χ0) is 27.5. The van der Waals surface area contributed by atoms with Crippen LogP contribution in [0, 0.1) is 0 Å². The van der Waals surface area contributed by atoms with E-state index in [1.165, 1.54) is 103 Å². The molecule has 0 N–H and O–H groups in total. The molecule has 0 saturated carbocycles. The van der Waals surface area contributed by atoms with Crippen LogP contribution in [0.1, 0.15) is 102 Å². The number of benzene rings is 3. The summed E-state index contributed by atoms with van der Waals surface area (Å²) in [7, 11) is -2.44. The zero-order valence-corrected chi connectivity index (χ0v) is 26.1. The third-order valence-corrected chi connectivity index (χ3v) is 13.6. The van der Waals surface area contributed by atoms with Gasteiger partial charge in [-0.25, -0.2) is 0 Å². The maximum absolute atomic E-state index is 2.50. The second-order valence-corrected chi connectivity index (χ2v) is 15.3. The van der Waals surface area contributed by atoms with E-state index in [1.807, 2.05) is 0 Å². The van der Waals surface area contributed by atoms with Crippen molar-refractivity contribution in [3.05, 3.63) is 112 Å². The minimum absolute atomic E-state index is 1.08. The van der Waals surface area contributed by atoms with Crippen molar-refractivity contribution in [2.45, 2.75) is 105 Å². The molecule has 206 valence electrons. The molecule has 0 nitrogen and oxygen atoms in total. The lowest BCUT2D eigenvalue weighted by atomic mass is 10.1. The summed E-state index contributed by atoms with van der Waals surface area (Å²) < 4.78 is 0. The number of rotatable bonds is 15. The molecule has 0 aliphatic heterocycles. The van der Waals surface area contributed by atoms with Crippen molar-refractivity contribution in [3.63, 3.8) is 0 Å². The Hall–Kier alpha value is -2.64. The summed E-state index contributed by atoms with van der Waals surface area (Å²) in [6, 6.07) is 29.6. The molecule has 0 amide bonds. The Morgan fingerprint density at radius 1 is 0.487 bits per heavy atom. The van der Waals surface area contributed by atoms with E-state index >= 15 is 0 Å². The van der Waals surface area contributed by atoms with E-state index in [0.29, 0.717) is 0 Å². The van der Waals surface area contributed by atoms with Gasteiger partial charge in [0.1, 0.15) is 0 Å². The molecule has 0 saturated heterocycles. The van der Waals surface area contributed by atoms with Crippen LogP contribution in [-0.2, 0) is 19.3 Å². The molecule has 0 bridgehead atoms. The van der Waals surface area contributed by atoms with E-state index in [9.17, 15) is 0 Å². The SMILES string of the molecule is CCCCc1ccc([Si](C2=C(CCC)C=CC2)(c2ccc(CCCC)cc2)c2ccc(CCCC)cc2)cc1. The number of hydrogen-bond donors (Lipinski definition) is 0. The molecule has 0 heterocycles. The van der Waals surface area contributed by atoms with E-state index in [0.717, 1.165) is 6.42 Å². The molecule has 4 rings (SSSR count). The fourth-order valence-electron chi connectivity index (χ4n) is 6.38. The predicted molar refractivity (Wildman–Crippen MR) is 176 cm³/mol. The van der Waals surface area contributed by atoms with E-state index in [-0.39, 0.29) is 0 Å². The molecule has 0 atom stereocenters. The summed E-state index contributed by atoms with van der Waals surface area (Å²) >= 11 is 0. The highest BCUT2D eigenvalue weighted by molar-refractivity contribution is 7.16. The highest BCUT2D eigenvalue weighted by Gasteiger charge is 2.44. The quantitative estimate of drug-likeness (QED) is 0.135. The monoisotopic (exact) mass is 534 g/mol. The Labute approximate surface area is 240 Å². The average Bonchev–Trinajstić information content (AvgIpc) is 3.44. The van der Waals surface area contributed by atoms with E-state index in [4.69, 9.17) is 0 Å². The number of unbranched alkanes of at least 4 members (excludes halogenated alkanes) is 3. The Morgan fingerprint density at radius 3 is 1.21 bits per heavy atom. The lowest BCUT2D eigenvalue weighted by Gasteiger charge is -2.37. The van der Waals surface area contributed by atoms with E-state index in [1.54, 1.807) is 10.8 Å². The number of hydrogen-bond acceptors (Lipinski definition) is 0. The molecule has 1 aliphatic rings. The van der Waals surface area contributed by atoms with Crippen molar-refractivity contribution in [2.24, 2.45) is 0 Å². The minimum Gasteiger partial charge on any atom is -0.0805 e. The van der Waals surface area contributed by atoms with Crippen LogP contribution in [0.4, 0.5) is 0 Å². The Kier molecular flexibility index (Phi) is 11.0. The summed E-state index contributed by atoms with van der Waals surface area (Å²) in [5, 5.41) is 6.32. The van der Waals surface area contributed by atoms with Gasteiger partial charge in [0.2, 0.25) is 0 Å². The number of allylic oxidation sites excluding steroid dienone is 4. The normalized spacial score (nSPS) is 13.4. The van der Waals surface area contributed by atoms with Crippen LogP contribution in [0.15, 0.2) is 95.7 Å². The first-order chi connectivity index (χ1) is 19.2. The predicted octanol–water partition coefficient (Wildman–Crippen LogP) is 8.78. The van der Waals surface area contributed by atoms with Gasteiger partial charge in [-0.15, -0.1) is 0 Å². The van der Waals surface area contributed by atoms with Crippen LogP contribution in [0.25, 0.3) is 0 Å². The Balaban J connectivity index is 1.93. The van der Waals surface area contributed by atoms with Gasteiger partial charge < -0.3 is 0 Å². The summed E-state index contributed by atoms with van der Waals surface area (Å²) in [6.07, 6.45) is 19.4. The fraction of sp³-hybridized carbons (Fsp3) is 0.421. The maximum Gasteiger partial charge on any atom is 0.176 e. The molecule has 0 unspecified atom stereocenters. The molecule has 1 heteroatoms. The average molecular weight is 535 g/mol. The maximum atomic E-state index is 2.50. The van der Waals surface area contributed by atoms with E-state index in [2.05, 4.69) is 113 Å². The first-order valence-corrected chi connectivity index (χ1v) is 17.8. The molecule has 0 aromatic heterocycles. The highest BCUT2D eigenvalue weighted by atomic mass is 28.3. The van der Waals surface area contributed by atoms with Gasteiger partial charge in [-0.05, 0) is 83.6 Å². The molecule has 0 spiro atoms. The first-order valence-electron chi connectivity index (χ1n) is 15.8. The molecule has 3 aromatic rings. The van der Waals surface area contributed by atoms with Gasteiger partial charge in [0.05, 0.1) is 0 Å². The van der Waals surface area contributed by atoms with Crippen LogP contribution in [0.2, 0.25) is 0 Å². The van der Waals surface area contributed by atoms with Gasteiger partial charge in [-0.3, -0.25) is 0 Å². The van der Waals surface area contributed by atoms with Crippen LogP contribution in [0.5, 0.6) is 0 Å². The Bertz CT molecular complexity index is 1080. The van der Waals surface area contributed by atoms with Crippen molar-refractivity contribution >= 4 is 23.6 Å². The molecule has 1 aliphatic carbocycles. The zero-order valence-electron chi connectivity index (χ0n) is 25.1. The molecular weight excluding hydrogens is 485 g/mol. The van der Waals surface area contributed by atoms with Crippen LogP contribution >= 0.6 is 0 Å². The number of aryl methyl sites for hydroxylation is 3. The van der Waals surface area contributed by atoms with Crippen LogP contribution in [-0.4, -0.2) is 8.07 Å². The van der Waals surface area contributed by atoms with E-state index < -0.39 is 8.07 Å². The largest absolute Gasteiger partial charge is 0.176 e. The molecule has 0 fully saturated rings. The third-order valence-electron chi connectivity index (χ3n) is 8.62. The Morgan fingerprint density at radius 2 is 0.872 bits per heavy atom. The first kappa shape index (κ1) is 29.3. The topological polar surface area (TPSA) is 0 Å². The lowest BCUT2D eigenvalue weighted by Crippen LogP contribution is -2.68. The van der Waals surface area contributed by atoms with Crippen molar-refractivity contribution in [3.8, 4) is 0 Å². The van der Waals surface area contributed by atoms with Gasteiger partial charge >= 0.3 is 0 Å². The minimum atomic E-state index is -2.44. The molecule has 3 aromatic carbocycles. The van der Waals surface area contributed by atoms with Gasteiger partial charge in [-0.1, -0.05) is 149 Å². The summed E-state index contributed by atoms with van der Waals surface area (Å²) in [5.41, 5.74) is 6.01. The standard InChI is InChI=1S/C38H50Si/c1-5-9-14-31-19-25-35(26-20-31)39(38-18-12-17-34(38)13-8-4,36-27-21-32(22-28-36)15-10-6-2)37-29-23-33(24-30-37)16-11-7-3/h12,17,19-30H,5-11,13-16,18H2,1-4H3. The summed E-state index contributed by atoms with van der Waals surface area (Å²) in [6.45, 7) is 9.19. The molecule has 39 heavy (non-hydrogen) atoms. The summed E-state index contributed by atoms with van der Waals surface area (Å²) in [4.78, 5) is 0.